The van der Waals surface area contributed by atoms with Crippen molar-refractivity contribution in [2.24, 2.45) is 16.3 Å². The Morgan fingerprint density at radius 2 is 2.04 bits per heavy atom. The molecule has 146 valence electrons. The highest BCUT2D eigenvalue weighted by atomic mass is 127. The standard InChI is InChI=1S/C20H31N3O2.HI/c1-5-21-19(22-12-14-6-8-15(9-7-14)13(2)24)23-17-16-10-11-25-18(16)20(17,3)4;/h6-9,13,16-18,24H,5,10-12H2,1-4H3,(H2,21,22,23);1H. The lowest BCUT2D eigenvalue weighted by Gasteiger charge is -2.54. The van der Waals surface area contributed by atoms with E-state index in [4.69, 9.17) is 9.73 Å². The predicted octanol–water partition coefficient (Wildman–Crippen LogP) is 3.23. The molecule has 4 unspecified atom stereocenters. The molecule has 0 aromatic heterocycles. The average Bonchev–Trinajstić information content (AvgIpc) is 3.04. The summed E-state index contributed by atoms with van der Waals surface area (Å²) < 4.78 is 5.88. The van der Waals surface area contributed by atoms with Gasteiger partial charge in [0.25, 0.3) is 0 Å². The lowest BCUT2D eigenvalue weighted by Crippen LogP contribution is -2.67. The summed E-state index contributed by atoms with van der Waals surface area (Å²) in [5.74, 6) is 1.45. The fourth-order valence-electron chi connectivity index (χ4n) is 4.16. The minimum absolute atomic E-state index is 0. The summed E-state index contributed by atoms with van der Waals surface area (Å²) in [7, 11) is 0. The molecule has 2 aliphatic rings. The van der Waals surface area contributed by atoms with Gasteiger partial charge in [0.1, 0.15) is 0 Å². The zero-order chi connectivity index (χ0) is 18.0. The maximum Gasteiger partial charge on any atom is 0.191 e. The van der Waals surface area contributed by atoms with Gasteiger partial charge in [0.05, 0.1) is 18.8 Å². The van der Waals surface area contributed by atoms with E-state index in [0.29, 0.717) is 24.6 Å². The van der Waals surface area contributed by atoms with Crippen molar-refractivity contribution in [2.75, 3.05) is 13.2 Å². The van der Waals surface area contributed by atoms with E-state index < -0.39 is 6.10 Å². The molecule has 0 radical (unpaired) electrons. The lowest BCUT2D eigenvalue weighted by molar-refractivity contribution is -0.106. The van der Waals surface area contributed by atoms with Crippen LogP contribution < -0.4 is 10.6 Å². The Hall–Kier alpha value is -0.860. The number of ether oxygens (including phenoxy) is 1. The van der Waals surface area contributed by atoms with Crippen molar-refractivity contribution in [2.45, 2.75) is 58.9 Å². The van der Waals surface area contributed by atoms with E-state index in [1.807, 2.05) is 24.3 Å². The molecule has 0 bridgehead atoms. The van der Waals surface area contributed by atoms with Gasteiger partial charge in [-0.3, -0.25) is 0 Å². The quantitative estimate of drug-likeness (QED) is 0.349. The number of nitrogens with one attached hydrogen (secondary N) is 2. The monoisotopic (exact) mass is 473 g/mol. The van der Waals surface area contributed by atoms with Gasteiger partial charge in [-0.05, 0) is 31.4 Å². The number of aliphatic imine (C=N–C) groups is 1. The molecule has 0 spiro atoms. The first-order chi connectivity index (χ1) is 11.9. The van der Waals surface area contributed by atoms with Gasteiger partial charge in [0, 0.05) is 30.5 Å². The van der Waals surface area contributed by atoms with Crippen molar-refractivity contribution in [1.29, 1.82) is 0 Å². The summed E-state index contributed by atoms with van der Waals surface area (Å²) in [5, 5.41) is 16.6. The summed E-state index contributed by atoms with van der Waals surface area (Å²) in [6.07, 6.45) is 1.08. The van der Waals surface area contributed by atoms with Crippen LogP contribution >= 0.6 is 24.0 Å². The third-order valence-electron chi connectivity index (χ3n) is 5.62. The molecule has 1 heterocycles. The van der Waals surface area contributed by atoms with E-state index in [-0.39, 0.29) is 29.4 Å². The van der Waals surface area contributed by atoms with Crippen molar-refractivity contribution in [3.63, 3.8) is 0 Å². The number of aliphatic hydroxyl groups is 1. The molecular formula is C20H32IN3O2. The number of nitrogens with zero attached hydrogens (tertiary/aromatic N) is 1. The number of aliphatic hydroxyl groups excluding tert-OH is 1. The van der Waals surface area contributed by atoms with Crippen LogP contribution in [-0.2, 0) is 11.3 Å². The number of benzene rings is 1. The van der Waals surface area contributed by atoms with Gasteiger partial charge in [-0.25, -0.2) is 4.99 Å². The molecular weight excluding hydrogens is 441 g/mol. The summed E-state index contributed by atoms with van der Waals surface area (Å²) in [5.41, 5.74) is 2.20. The minimum Gasteiger partial charge on any atom is -0.389 e. The van der Waals surface area contributed by atoms with E-state index in [1.165, 1.54) is 0 Å². The highest BCUT2D eigenvalue weighted by Crippen LogP contribution is 2.52. The third kappa shape index (κ3) is 4.34. The Morgan fingerprint density at radius 1 is 1.35 bits per heavy atom. The molecule has 1 saturated heterocycles. The van der Waals surface area contributed by atoms with Crippen molar-refractivity contribution >= 4 is 29.9 Å². The fourth-order valence-corrected chi connectivity index (χ4v) is 4.16. The summed E-state index contributed by atoms with van der Waals surface area (Å²) in [6.45, 7) is 10.7. The molecule has 1 aliphatic carbocycles. The zero-order valence-corrected chi connectivity index (χ0v) is 18.5. The molecule has 1 aromatic rings. The molecule has 26 heavy (non-hydrogen) atoms. The first kappa shape index (κ1) is 21.4. The smallest absolute Gasteiger partial charge is 0.191 e. The van der Waals surface area contributed by atoms with Crippen LogP contribution in [0.25, 0.3) is 0 Å². The zero-order valence-electron chi connectivity index (χ0n) is 16.2. The Morgan fingerprint density at radius 3 is 2.65 bits per heavy atom. The van der Waals surface area contributed by atoms with Gasteiger partial charge < -0.3 is 20.5 Å². The molecule has 4 atom stereocenters. The van der Waals surface area contributed by atoms with E-state index in [2.05, 4.69) is 31.4 Å². The first-order valence-electron chi connectivity index (χ1n) is 9.36. The van der Waals surface area contributed by atoms with E-state index in [9.17, 15) is 5.11 Å². The second-order valence-corrected chi connectivity index (χ2v) is 7.80. The van der Waals surface area contributed by atoms with E-state index >= 15 is 0 Å². The molecule has 1 saturated carbocycles. The molecule has 3 N–H and O–H groups in total. The fraction of sp³-hybridized carbons (Fsp3) is 0.650. The van der Waals surface area contributed by atoms with Gasteiger partial charge in [0.2, 0.25) is 0 Å². The molecule has 3 rings (SSSR count). The minimum atomic E-state index is -0.432. The molecule has 0 amide bonds. The largest absolute Gasteiger partial charge is 0.389 e. The van der Waals surface area contributed by atoms with Crippen molar-refractivity contribution in [3.8, 4) is 0 Å². The van der Waals surface area contributed by atoms with Gasteiger partial charge in [-0.1, -0.05) is 38.1 Å². The Kier molecular flexibility index (Phi) is 7.33. The topological polar surface area (TPSA) is 65.9 Å². The van der Waals surface area contributed by atoms with Crippen LogP contribution in [0.5, 0.6) is 0 Å². The number of rotatable bonds is 5. The van der Waals surface area contributed by atoms with Gasteiger partial charge >= 0.3 is 0 Å². The van der Waals surface area contributed by atoms with Crippen LogP contribution in [0.15, 0.2) is 29.3 Å². The second kappa shape index (κ2) is 8.89. The number of fused-ring (bicyclic) bond motifs is 1. The van der Waals surface area contributed by atoms with Gasteiger partial charge in [-0.2, -0.15) is 0 Å². The molecule has 6 heteroatoms. The normalized spacial score (nSPS) is 27.7. The Bertz CT molecular complexity index is 616. The first-order valence-corrected chi connectivity index (χ1v) is 9.36. The van der Waals surface area contributed by atoms with Crippen molar-refractivity contribution in [3.05, 3.63) is 35.4 Å². The second-order valence-electron chi connectivity index (χ2n) is 7.80. The molecule has 5 nitrogen and oxygen atoms in total. The SMILES string of the molecule is CCNC(=NCc1ccc(C(C)O)cc1)NC1C2CCOC2C1(C)C.I. The maximum atomic E-state index is 9.60. The van der Waals surface area contributed by atoms with Crippen LogP contribution in [0.2, 0.25) is 0 Å². The van der Waals surface area contributed by atoms with Crippen LogP contribution in [0.1, 0.15) is 51.3 Å². The maximum absolute atomic E-state index is 9.60. The Labute approximate surface area is 174 Å². The summed E-state index contributed by atoms with van der Waals surface area (Å²) in [6, 6.07) is 8.39. The number of hydrogen-bond acceptors (Lipinski definition) is 3. The van der Waals surface area contributed by atoms with Crippen LogP contribution in [0, 0.1) is 11.3 Å². The van der Waals surface area contributed by atoms with Crippen LogP contribution in [0.3, 0.4) is 0 Å². The number of hydrogen-bond donors (Lipinski definition) is 3. The van der Waals surface area contributed by atoms with Crippen LogP contribution in [-0.4, -0.2) is 36.4 Å². The van der Waals surface area contributed by atoms with E-state index in [0.717, 1.165) is 36.7 Å². The molecule has 1 aliphatic heterocycles. The summed E-state index contributed by atoms with van der Waals surface area (Å²) >= 11 is 0. The van der Waals surface area contributed by atoms with Crippen molar-refractivity contribution in [1.82, 2.24) is 10.6 Å². The third-order valence-corrected chi connectivity index (χ3v) is 5.62. The van der Waals surface area contributed by atoms with Crippen LogP contribution in [0.4, 0.5) is 0 Å². The highest BCUT2D eigenvalue weighted by molar-refractivity contribution is 14.0. The van der Waals surface area contributed by atoms with E-state index in [1.54, 1.807) is 6.92 Å². The van der Waals surface area contributed by atoms with Gasteiger partial charge in [0.15, 0.2) is 5.96 Å². The predicted molar refractivity (Wildman–Crippen MR) is 116 cm³/mol. The van der Waals surface area contributed by atoms with Crippen molar-refractivity contribution < 1.29 is 9.84 Å². The molecule has 1 aromatic carbocycles. The summed E-state index contributed by atoms with van der Waals surface area (Å²) in [4.78, 5) is 4.75. The number of halogens is 1. The molecule has 2 fully saturated rings. The lowest BCUT2D eigenvalue weighted by atomic mass is 9.57. The highest BCUT2D eigenvalue weighted by Gasteiger charge is 2.59. The average molecular weight is 473 g/mol. The van der Waals surface area contributed by atoms with Gasteiger partial charge in [-0.15, -0.1) is 24.0 Å². The number of guanidine groups is 1. The Balaban J connectivity index is 0.00000243.